The minimum Gasteiger partial charge on any atom is -0.496 e. The molecule has 0 aliphatic carbocycles. The Morgan fingerprint density at radius 3 is 2.67 bits per heavy atom. The molecule has 0 aromatic heterocycles. The Kier molecular flexibility index (Phi) is 4.12. The molecule has 4 nitrogen and oxygen atoms in total. The predicted molar refractivity (Wildman–Crippen MR) is 56.2 cm³/mol. The van der Waals surface area contributed by atoms with E-state index in [1.165, 1.54) is 7.11 Å². The van der Waals surface area contributed by atoms with Crippen LogP contribution in [0.2, 0.25) is 0 Å². The summed E-state index contributed by atoms with van der Waals surface area (Å²) in [5.74, 6) is -0.885. The highest BCUT2D eigenvalue weighted by molar-refractivity contribution is 6.29. The fourth-order valence-corrected chi connectivity index (χ4v) is 1.13. The number of alkyl halides is 1. The predicted octanol–water partition coefficient (Wildman–Crippen LogP) is 1.19. The van der Waals surface area contributed by atoms with Crippen molar-refractivity contribution < 1.29 is 14.3 Å². The molecule has 15 heavy (non-hydrogen) atoms. The van der Waals surface area contributed by atoms with Crippen LogP contribution < -0.4 is 10.1 Å². The van der Waals surface area contributed by atoms with Gasteiger partial charge in [0.1, 0.15) is 11.6 Å². The molecular formula is C10H10ClNO3. The fourth-order valence-electron chi connectivity index (χ4n) is 1.06. The van der Waals surface area contributed by atoms with Crippen LogP contribution in [0.25, 0.3) is 0 Å². The van der Waals surface area contributed by atoms with Crippen molar-refractivity contribution in [3.63, 3.8) is 0 Å². The Labute approximate surface area is 92.2 Å². The molecular weight excluding hydrogens is 218 g/mol. The number of amides is 2. The third-order valence-electron chi connectivity index (χ3n) is 1.73. The summed E-state index contributed by atoms with van der Waals surface area (Å²) >= 11 is 5.26. The zero-order valence-electron chi connectivity index (χ0n) is 8.12. The Morgan fingerprint density at radius 2 is 2.07 bits per heavy atom. The quantitative estimate of drug-likeness (QED) is 0.790. The maximum Gasteiger partial charge on any atom is 0.261 e. The minimum atomic E-state index is -0.535. The van der Waals surface area contributed by atoms with Crippen molar-refractivity contribution >= 4 is 23.4 Å². The summed E-state index contributed by atoms with van der Waals surface area (Å²) in [5, 5.41) is 2.13. The number of para-hydroxylation sites is 1. The second-order valence-corrected chi connectivity index (χ2v) is 2.98. The van der Waals surface area contributed by atoms with E-state index in [1.54, 1.807) is 24.3 Å². The van der Waals surface area contributed by atoms with Crippen LogP contribution in [-0.4, -0.2) is 24.8 Å². The van der Waals surface area contributed by atoms with Crippen molar-refractivity contribution in [3.05, 3.63) is 29.8 Å². The van der Waals surface area contributed by atoms with Gasteiger partial charge in [-0.05, 0) is 12.1 Å². The summed E-state index contributed by atoms with van der Waals surface area (Å²) in [6.45, 7) is 0. The molecule has 0 aliphatic heterocycles. The van der Waals surface area contributed by atoms with Crippen molar-refractivity contribution in [1.82, 2.24) is 5.32 Å². The molecule has 0 unspecified atom stereocenters. The van der Waals surface area contributed by atoms with E-state index >= 15 is 0 Å². The zero-order chi connectivity index (χ0) is 11.3. The fraction of sp³-hybridized carbons (Fsp3) is 0.200. The second-order valence-electron chi connectivity index (χ2n) is 2.71. The third kappa shape index (κ3) is 2.95. The summed E-state index contributed by atoms with van der Waals surface area (Å²) in [7, 11) is 1.45. The Bertz CT molecular complexity index is 379. The first-order valence-electron chi connectivity index (χ1n) is 4.22. The summed E-state index contributed by atoms with van der Waals surface area (Å²) in [5.41, 5.74) is 0.304. The van der Waals surface area contributed by atoms with Crippen LogP contribution in [0.3, 0.4) is 0 Å². The van der Waals surface area contributed by atoms with Gasteiger partial charge in [0.05, 0.1) is 12.7 Å². The van der Waals surface area contributed by atoms with Gasteiger partial charge >= 0.3 is 0 Å². The van der Waals surface area contributed by atoms with Crippen LogP contribution in [0.1, 0.15) is 10.4 Å². The van der Waals surface area contributed by atoms with Gasteiger partial charge < -0.3 is 4.74 Å². The number of hydrogen-bond donors (Lipinski definition) is 1. The topological polar surface area (TPSA) is 55.4 Å². The first-order valence-corrected chi connectivity index (χ1v) is 4.75. The van der Waals surface area contributed by atoms with Gasteiger partial charge in [0, 0.05) is 0 Å². The van der Waals surface area contributed by atoms with Crippen LogP contribution in [0.15, 0.2) is 24.3 Å². The normalized spacial score (nSPS) is 9.47. The van der Waals surface area contributed by atoms with E-state index in [0.29, 0.717) is 11.3 Å². The number of rotatable bonds is 3. The molecule has 0 bridgehead atoms. The van der Waals surface area contributed by atoms with Crippen molar-refractivity contribution in [2.75, 3.05) is 13.0 Å². The lowest BCUT2D eigenvalue weighted by Crippen LogP contribution is -2.31. The Morgan fingerprint density at radius 1 is 1.40 bits per heavy atom. The second kappa shape index (κ2) is 5.36. The van der Waals surface area contributed by atoms with Crippen molar-refractivity contribution in [1.29, 1.82) is 0 Å². The molecule has 5 heteroatoms. The van der Waals surface area contributed by atoms with Gasteiger partial charge in [-0.2, -0.15) is 0 Å². The van der Waals surface area contributed by atoms with Gasteiger partial charge in [-0.1, -0.05) is 12.1 Å². The highest BCUT2D eigenvalue weighted by atomic mass is 35.5. The van der Waals surface area contributed by atoms with Crippen LogP contribution in [0.5, 0.6) is 5.75 Å². The first-order chi connectivity index (χ1) is 7.19. The SMILES string of the molecule is COc1ccccc1C(=O)NC(=O)CCl. The van der Waals surface area contributed by atoms with Crippen LogP contribution in [0.4, 0.5) is 0 Å². The maximum atomic E-state index is 11.5. The summed E-state index contributed by atoms with van der Waals surface area (Å²) in [6, 6.07) is 6.62. The van der Waals surface area contributed by atoms with Crippen molar-refractivity contribution in [3.8, 4) is 5.75 Å². The molecule has 1 aromatic carbocycles. The number of hydrogen-bond acceptors (Lipinski definition) is 3. The lowest BCUT2D eigenvalue weighted by Gasteiger charge is -2.06. The van der Waals surface area contributed by atoms with Crippen LogP contribution >= 0.6 is 11.6 Å². The number of imide groups is 1. The monoisotopic (exact) mass is 227 g/mol. The number of halogens is 1. The average molecular weight is 228 g/mol. The minimum absolute atomic E-state index is 0.249. The highest BCUT2D eigenvalue weighted by Crippen LogP contribution is 2.16. The van der Waals surface area contributed by atoms with Gasteiger partial charge in [0.25, 0.3) is 5.91 Å². The number of nitrogens with one attached hydrogen (secondary N) is 1. The first kappa shape index (κ1) is 11.5. The molecule has 1 rings (SSSR count). The van der Waals surface area contributed by atoms with Gasteiger partial charge in [-0.15, -0.1) is 11.6 Å². The van der Waals surface area contributed by atoms with Crippen LogP contribution in [0, 0.1) is 0 Å². The number of carbonyl (C=O) groups excluding carboxylic acids is 2. The molecule has 1 aromatic rings. The van der Waals surface area contributed by atoms with Gasteiger partial charge in [-0.3, -0.25) is 14.9 Å². The number of benzene rings is 1. The Balaban J connectivity index is 2.86. The Hall–Kier alpha value is -1.55. The smallest absolute Gasteiger partial charge is 0.261 e. The molecule has 0 fully saturated rings. The van der Waals surface area contributed by atoms with E-state index in [9.17, 15) is 9.59 Å². The highest BCUT2D eigenvalue weighted by Gasteiger charge is 2.13. The standard InChI is InChI=1S/C10H10ClNO3/c1-15-8-5-3-2-4-7(8)10(14)12-9(13)6-11/h2-5H,6H2,1H3,(H,12,13,14). The molecule has 0 saturated carbocycles. The number of ether oxygens (including phenoxy) is 1. The molecule has 0 heterocycles. The average Bonchev–Trinajstić information content (AvgIpc) is 2.28. The summed E-state index contributed by atoms with van der Waals surface area (Å²) < 4.78 is 4.98. The molecule has 0 radical (unpaired) electrons. The lowest BCUT2D eigenvalue weighted by molar-refractivity contribution is -0.117. The van der Waals surface area contributed by atoms with E-state index in [4.69, 9.17) is 16.3 Å². The largest absolute Gasteiger partial charge is 0.496 e. The van der Waals surface area contributed by atoms with E-state index in [0.717, 1.165) is 0 Å². The van der Waals surface area contributed by atoms with Gasteiger partial charge in [-0.25, -0.2) is 0 Å². The van der Waals surface area contributed by atoms with Crippen molar-refractivity contribution in [2.24, 2.45) is 0 Å². The summed E-state index contributed by atoms with van der Waals surface area (Å²) in [6.07, 6.45) is 0. The molecule has 80 valence electrons. The van der Waals surface area contributed by atoms with Gasteiger partial charge in [0.2, 0.25) is 5.91 Å². The molecule has 0 spiro atoms. The lowest BCUT2D eigenvalue weighted by atomic mass is 10.2. The van der Waals surface area contributed by atoms with Crippen molar-refractivity contribution in [2.45, 2.75) is 0 Å². The third-order valence-corrected chi connectivity index (χ3v) is 1.97. The number of methoxy groups -OCH3 is 1. The summed E-state index contributed by atoms with van der Waals surface area (Å²) in [4.78, 5) is 22.4. The van der Waals surface area contributed by atoms with E-state index in [1.807, 2.05) is 0 Å². The molecule has 0 aliphatic rings. The van der Waals surface area contributed by atoms with E-state index < -0.39 is 11.8 Å². The molecule has 0 atom stereocenters. The van der Waals surface area contributed by atoms with E-state index in [2.05, 4.69) is 5.32 Å². The number of carbonyl (C=O) groups is 2. The molecule has 0 saturated heterocycles. The zero-order valence-corrected chi connectivity index (χ0v) is 8.88. The van der Waals surface area contributed by atoms with Crippen LogP contribution in [-0.2, 0) is 4.79 Å². The van der Waals surface area contributed by atoms with Gasteiger partial charge in [0.15, 0.2) is 0 Å². The maximum absolute atomic E-state index is 11.5. The van der Waals surface area contributed by atoms with E-state index in [-0.39, 0.29) is 5.88 Å². The molecule has 1 N–H and O–H groups in total. The molecule has 2 amide bonds.